The maximum atomic E-state index is 14.1. The fraction of sp³-hybridized carbons (Fsp3) is 0.538. The van der Waals surface area contributed by atoms with E-state index < -0.39 is 11.9 Å². The predicted molar refractivity (Wildman–Crippen MR) is 242 cm³/mol. The van der Waals surface area contributed by atoms with Crippen LogP contribution >= 0.6 is 0 Å². The van der Waals surface area contributed by atoms with Crippen molar-refractivity contribution in [3.8, 4) is 0 Å². The molecule has 1 atom stereocenters. The van der Waals surface area contributed by atoms with Crippen molar-refractivity contribution in [2.45, 2.75) is 150 Å². The summed E-state index contributed by atoms with van der Waals surface area (Å²) in [5.41, 5.74) is 1.73. The summed E-state index contributed by atoms with van der Waals surface area (Å²) < 4.78 is 11.8. The highest BCUT2D eigenvalue weighted by Gasteiger charge is 2.35. The number of carbonyl (C=O) groups is 4. The van der Waals surface area contributed by atoms with E-state index >= 15 is 0 Å². The lowest BCUT2D eigenvalue weighted by Gasteiger charge is -2.30. The lowest BCUT2D eigenvalue weighted by Crippen LogP contribution is -2.42. The first-order chi connectivity index (χ1) is 28.7. The van der Waals surface area contributed by atoms with Gasteiger partial charge in [0.2, 0.25) is 0 Å². The van der Waals surface area contributed by atoms with E-state index in [1.165, 1.54) is 69.1 Å². The van der Waals surface area contributed by atoms with Gasteiger partial charge in [-0.05, 0) is 87.7 Å². The summed E-state index contributed by atoms with van der Waals surface area (Å²) >= 11 is 0. The Morgan fingerprint density at radius 1 is 0.492 bits per heavy atom. The van der Waals surface area contributed by atoms with E-state index in [1.54, 1.807) is 12.1 Å². The minimum absolute atomic E-state index is 0.187. The Kier molecular flexibility index (Phi) is 15.8. The van der Waals surface area contributed by atoms with Crippen LogP contribution in [0, 0.1) is 11.8 Å². The fourth-order valence-corrected chi connectivity index (χ4v) is 9.11. The first-order valence-corrected chi connectivity index (χ1v) is 23.1. The number of benzene rings is 5. The monoisotopic (exact) mass is 801 g/mol. The summed E-state index contributed by atoms with van der Waals surface area (Å²) in [6.45, 7) is 12.0. The van der Waals surface area contributed by atoms with Crippen LogP contribution in [0.15, 0.2) is 48.5 Å². The molecule has 0 spiro atoms. The molecule has 1 aliphatic rings. The number of fused-ring (bicyclic) bond motifs is 2. The van der Waals surface area contributed by atoms with E-state index in [1.807, 2.05) is 36.4 Å². The van der Waals surface area contributed by atoms with E-state index in [-0.39, 0.29) is 17.7 Å². The summed E-state index contributed by atoms with van der Waals surface area (Å²) in [6.07, 6.45) is 20.3. The lowest BCUT2D eigenvalue weighted by atomic mass is 9.83. The zero-order chi connectivity index (χ0) is 41.9. The minimum atomic E-state index is -0.455. The Morgan fingerprint density at radius 3 is 1.31 bits per heavy atom. The van der Waals surface area contributed by atoms with Gasteiger partial charge in [0.05, 0.1) is 24.3 Å². The van der Waals surface area contributed by atoms with Gasteiger partial charge in [-0.3, -0.25) is 14.5 Å². The molecule has 0 bridgehead atoms. The summed E-state index contributed by atoms with van der Waals surface area (Å²) in [7, 11) is 0. The van der Waals surface area contributed by atoms with Crippen molar-refractivity contribution in [2.24, 2.45) is 11.8 Å². The van der Waals surface area contributed by atoms with Crippen molar-refractivity contribution in [1.29, 1.82) is 0 Å². The Bertz CT molecular complexity index is 2100. The van der Waals surface area contributed by atoms with Crippen LogP contribution in [0.3, 0.4) is 0 Å². The minimum Gasteiger partial charge on any atom is -0.462 e. The smallest absolute Gasteiger partial charge is 0.338 e. The normalized spacial score (nSPS) is 13.5. The largest absolute Gasteiger partial charge is 0.462 e. The fourth-order valence-electron chi connectivity index (χ4n) is 9.11. The van der Waals surface area contributed by atoms with Crippen LogP contribution in [-0.4, -0.2) is 48.4 Å². The predicted octanol–water partition coefficient (Wildman–Crippen LogP) is 14.0. The number of rotatable bonds is 25. The third-order valence-corrected chi connectivity index (χ3v) is 12.5. The van der Waals surface area contributed by atoms with Crippen molar-refractivity contribution in [1.82, 2.24) is 4.90 Å². The topological polar surface area (TPSA) is 90.0 Å². The number of amides is 2. The molecule has 59 heavy (non-hydrogen) atoms. The molecule has 7 nitrogen and oxygen atoms in total. The van der Waals surface area contributed by atoms with Crippen LogP contribution in [0.4, 0.5) is 0 Å². The van der Waals surface area contributed by atoms with E-state index in [4.69, 9.17) is 9.47 Å². The maximum absolute atomic E-state index is 14.1. The molecule has 0 N–H and O–H groups in total. The van der Waals surface area contributed by atoms with Crippen LogP contribution < -0.4 is 0 Å². The maximum Gasteiger partial charge on any atom is 0.338 e. The molecule has 1 heterocycles. The number of hydrogen-bond acceptors (Lipinski definition) is 6. The number of carbonyl (C=O) groups excluding carboxylic acids is 4. The van der Waals surface area contributed by atoms with Gasteiger partial charge >= 0.3 is 11.9 Å². The number of hydrogen-bond donors (Lipinski definition) is 0. The average Bonchev–Trinajstić information content (AvgIpc) is 3.23. The lowest BCUT2D eigenvalue weighted by molar-refractivity contribution is 0.0498. The van der Waals surface area contributed by atoms with Gasteiger partial charge in [0.1, 0.15) is 0 Å². The summed E-state index contributed by atoms with van der Waals surface area (Å²) in [5.74, 6) is -0.693. The number of esters is 2. The van der Waals surface area contributed by atoms with E-state index in [2.05, 4.69) is 34.6 Å². The van der Waals surface area contributed by atoms with E-state index in [0.717, 1.165) is 83.7 Å². The third-order valence-electron chi connectivity index (χ3n) is 12.5. The molecule has 1 aliphatic heterocycles. The molecule has 0 aromatic heterocycles. The zero-order valence-electron chi connectivity index (χ0n) is 36.5. The van der Waals surface area contributed by atoms with Crippen LogP contribution in [0.2, 0.25) is 0 Å². The van der Waals surface area contributed by atoms with Gasteiger partial charge in [0.25, 0.3) is 11.8 Å². The Labute approximate surface area is 351 Å². The molecule has 0 fully saturated rings. The number of imide groups is 1. The molecule has 6 rings (SSSR count). The highest BCUT2D eigenvalue weighted by molar-refractivity contribution is 6.39. The molecular formula is C52H67NO6. The SMILES string of the molecule is CCCCCCCCCCOC(=O)c1ccc2c3ccc4c5c(ccc(c6ccc(C(=O)OCCCCCCCCCC)c1c26)c53)C(=O)N(CC(C)CCC(C)C)C4=O. The van der Waals surface area contributed by atoms with Gasteiger partial charge in [-0.2, -0.15) is 0 Å². The quantitative estimate of drug-likeness (QED) is 0.0192. The van der Waals surface area contributed by atoms with Crippen molar-refractivity contribution in [2.75, 3.05) is 19.8 Å². The third kappa shape index (κ3) is 10.1. The highest BCUT2D eigenvalue weighted by Crippen LogP contribution is 2.45. The number of ether oxygens (including phenoxy) is 2. The molecule has 5 aromatic rings. The summed E-state index contributed by atoms with van der Waals surface area (Å²) in [4.78, 5) is 57.5. The average molecular weight is 802 g/mol. The van der Waals surface area contributed by atoms with E-state index in [0.29, 0.717) is 58.7 Å². The van der Waals surface area contributed by atoms with Gasteiger partial charge in [0, 0.05) is 28.4 Å². The van der Waals surface area contributed by atoms with Gasteiger partial charge in [0.15, 0.2) is 0 Å². The Morgan fingerprint density at radius 2 is 0.881 bits per heavy atom. The van der Waals surface area contributed by atoms with Crippen molar-refractivity contribution in [3.63, 3.8) is 0 Å². The standard InChI is InChI=1S/C52H67NO6/c1-6-8-10-12-14-16-18-20-32-58-51(56)43-30-26-39-37-24-28-41-47-42(50(55)53(49(41)54)34-36(5)23-22-35(3)4)29-25-38(45(37)47)40-27-31-44(48(43)46(39)40)52(57)59-33-21-19-17-15-13-11-9-7-2/h24-31,35-36H,6-23,32-34H2,1-5H3. The molecular weight excluding hydrogens is 735 g/mol. The molecule has 0 saturated carbocycles. The first-order valence-electron chi connectivity index (χ1n) is 23.1. The highest BCUT2D eigenvalue weighted by atomic mass is 16.5. The Balaban J connectivity index is 1.33. The molecule has 0 saturated heterocycles. The molecule has 7 heteroatoms. The van der Waals surface area contributed by atoms with Crippen molar-refractivity contribution in [3.05, 3.63) is 70.8 Å². The van der Waals surface area contributed by atoms with Crippen LogP contribution in [0.1, 0.15) is 192 Å². The van der Waals surface area contributed by atoms with Crippen LogP contribution in [0.5, 0.6) is 0 Å². The van der Waals surface area contributed by atoms with Gasteiger partial charge in [-0.1, -0.05) is 155 Å². The van der Waals surface area contributed by atoms with Crippen molar-refractivity contribution < 1.29 is 28.7 Å². The van der Waals surface area contributed by atoms with Crippen molar-refractivity contribution >= 4 is 66.8 Å². The molecule has 0 aliphatic carbocycles. The van der Waals surface area contributed by atoms with Gasteiger partial charge in [-0.25, -0.2) is 9.59 Å². The van der Waals surface area contributed by atoms with E-state index in [9.17, 15) is 19.2 Å². The number of unbranched alkanes of at least 4 members (excludes halogenated alkanes) is 14. The second-order valence-corrected chi connectivity index (χ2v) is 17.7. The molecule has 2 amide bonds. The molecule has 1 unspecified atom stereocenters. The second-order valence-electron chi connectivity index (χ2n) is 17.7. The van der Waals surface area contributed by atoms with Gasteiger partial charge in [-0.15, -0.1) is 0 Å². The van der Waals surface area contributed by atoms with Gasteiger partial charge < -0.3 is 9.47 Å². The van der Waals surface area contributed by atoms with Crippen LogP contribution in [0.25, 0.3) is 43.1 Å². The molecule has 316 valence electrons. The molecule has 5 aromatic carbocycles. The summed E-state index contributed by atoms with van der Waals surface area (Å²) in [6, 6.07) is 15.0. The second kappa shape index (κ2) is 21.1. The van der Waals surface area contributed by atoms with Crippen LogP contribution in [-0.2, 0) is 9.47 Å². The summed E-state index contributed by atoms with van der Waals surface area (Å²) in [5, 5.41) is 6.22. The molecule has 0 radical (unpaired) electrons. The first kappa shape index (κ1) is 44.0. The Hall–Kier alpha value is -4.52. The number of nitrogens with zero attached hydrogens (tertiary/aromatic N) is 1. The zero-order valence-corrected chi connectivity index (χ0v) is 36.5.